The Morgan fingerprint density at radius 3 is 2.45 bits per heavy atom. The van der Waals surface area contributed by atoms with E-state index in [1.54, 1.807) is 13.2 Å². The van der Waals surface area contributed by atoms with Gasteiger partial charge in [-0.1, -0.05) is 12.1 Å². The van der Waals surface area contributed by atoms with Crippen molar-refractivity contribution in [3.8, 4) is 5.75 Å². The van der Waals surface area contributed by atoms with Crippen molar-refractivity contribution >= 4 is 27.2 Å². The molecule has 0 spiro atoms. The number of hydrogen-bond donors (Lipinski definition) is 0. The Labute approximate surface area is 87.8 Å². The van der Waals surface area contributed by atoms with Crippen LogP contribution in [0.3, 0.4) is 0 Å². The third-order valence-corrected chi connectivity index (χ3v) is 0.914. The molecule has 0 unspecified atom stereocenters. The standard InChI is InChI=1S/C7H7O.2BrH.Zn/c1-8-7-5-3-2-4-6-7;;;/h2-3,5-6H,1H3;2*1H;/q;;;+2/p-2. The van der Waals surface area contributed by atoms with Gasteiger partial charge in [0.05, 0.1) is 7.11 Å². The fourth-order valence-electron chi connectivity index (χ4n) is 0.504. The summed E-state index contributed by atoms with van der Waals surface area (Å²) in [4.78, 5) is 0. The molecule has 0 aromatic heterocycles. The normalized spacial score (nSPS) is 7.18. The molecular formula is C7H7Br2OZn. The summed E-state index contributed by atoms with van der Waals surface area (Å²) in [7, 11) is 1.64. The molecule has 0 amide bonds. The van der Waals surface area contributed by atoms with Gasteiger partial charge in [-0.3, -0.25) is 0 Å². The van der Waals surface area contributed by atoms with Crippen LogP contribution in [0.1, 0.15) is 0 Å². The molecule has 0 aliphatic rings. The van der Waals surface area contributed by atoms with Crippen LogP contribution in [0.2, 0.25) is 0 Å². The first-order valence-corrected chi connectivity index (χ1v) is 16.9. The van der Waals surface area contributed by atoms with Gasteiger partial charge in [-0.25, -0.2) is 0 Å². The van der Waals surface area contributed by atoms with Crippen LogP contribution in [0.25, 0.3) is 0 Å². The first kappa shape index (κ1) is 11.6. The molecule has 0 N–H and O–H groups in total. The van der Waals surface area contributed by atoms with E-state index >= 15 is 0 Å². The maximum atomic E-state index is 4.88. The van der Waals surface area contributed by atoms with E-state index in [4.69, 9.17) is 4.74 Å². The van der Waals surface area contributed by atoms with E-state index in [0.717, 1.165) is 5.75 Å². The molecule has 0 atom stereocenters. The molecule has 1 nitrogen and oxygen atoms in total. The second-order valence-corrected chi connectivity index (χ2v) is 15.6. The van der Waals surface area contributed by atoms with E-state index in [2.05, 4.69) is 33.3 Å². The van der Waals surface area contributed by atoms with Gasteiger partial charge in [0.1, 0.15) is 5.75 Å². The van der Waals surface area contributed by atoms with Crippen LogP contribution in [0, 0.1) is 6.07 Å². The Kier molecular flexibility index (Phi) is 9.17. The van der Waals surface area contributed by atoms with Gasteiger partial charge in [-0.05, 0) is 18.2 Å². The molecule has 1 radical (unpaired) electrons. The third-order valence-electron chi connectivity index (χ3n) is 0.914. The monoisotopic (exact) mass is 329 g/mol. The SMILES string of the molecule is COc1c[c]ccc1.[Br][Zn][Br]. The number of ether oxygens (including phenoxy) is 1. The average molecular weight is 332 g/mol. The van der Waals surface area contributed by atoms with Gasteiger partial charge in [-0.15, -0.1) is 0 Å². The first-order valence-electron chi connectivity index (χ1n) is 2.97. The zero-order valence-corrected chi connectivity index (χ0v) is 12.3. The molecule has 0 saturated heterocycles. The predicted molar refractivity (Wildman–Crippen MR) is 49.7 cm³/mol. The summed E-state index contributed by atoms with van der Waals surface area (Å²) in [6, 6.07) is 10.3. The molecule has 0 heterocycles. The van der Waals surface area contributed by atoms with Crippen molar-refractivity contribution in [3.05, 3.63) is 30.3 Å². The second kappa shape index (κ2) is 8.70. The van der Waals surface area contributed by atoms with Gasteiger partial charge in [0.25, 0.3) is 0 Å². The van der Waals surface area contributed by atoms with Crippen molar-refractivity contribution in [2.45, 2.75) is 0 Å². The molecule has 0 bridgehead atoms. The minimum absolute atomic E-state index is 0.250. The average Bonchev–Trinajstić information content (AvgIpc) is 2.08. The fraction of sp³-hybridized carbons (Fsp3) is 0.143. The molecule has 1 rings (SSSR count). The van der Waals surface area contributed by atoms with E-state index in [-0.39, 0.29) is 13.2 Å². The summed E-state index contributed by atoms with van der Waals surface area (Å²) in [6.07, 6.45) is 0. The molecule has 11 heavy (non-hydrogen) atoms. The van der Waals surface area contributed by atoms with Crippen LogP contribution in [0.5, 0.6) is 5.75 Å². The van der Waals surface area contributed by atoms with Crippen molar-refractivity contribution in [2.24, 2.45) is 0 Å². The van der Waals surface area contributed by atoms with E-state index in [9.17, 15) is 0 Å². The molecular weight excluding hydrogens is 325 g/mol. The second-order valence-electron chi connectivity index (χ2n) is 1.54. The van der Waals surface area contributed by atoms with Crippen molar-refractivity contribution in [1.29, 1.82) is 0 Å². The molecule has 4 heteroatoms. The quantitative estimate of drug-likeness (QED) is 0.718. The summed E-state index contributed by atoms with van der Waals surface area (Å²) >= 11 is 6.25. The number of halogens is 2. The molecule has 0 aliphatic carbocycles. The van der Waals surface area contributed by atoms with Crippen LogP contribution < -0.4 is 4.74 Å². The molecule has 0 aliphatic heterocycles. The zero-order chi connectivity index (χ0) is 8.53. The fourth-order valence-corrected chi connectivity index (χ4v) is 0.504. The van der Waals surface area contributed by atoms with E-state index in [1.165, 1.54) is 0 Å². The van der Waals surface area contributed by atoms with Crippen LogP contribution in [0.4, 0.5) is 0 Å². The van der Waals surface area contributed by atoms with Crippen LogP contribution in [-0.2, 0) is 13.2 Å². The number of benzene rings is 1. The Hall–Kier alpha value is 0.603. The van der Waals surface area contributed by atoms with E-state index in [1.807, 2.05) is 18.2 Å². The summed E-state index contributed by atoms with van der Waals surface area (Å²) < 4.78 is 4.88. The number of methoxy groups -OCH3 is 1. The first-order chi connectivity index (χ1) is 5.35. The van der Waals surface area contributed by atoms with Gasteiger partial charge < -0.3 is 4.74 Å². The van der Waals surface area contributed by atoms with Crippen LogP contribution >= 0.6 is 27.2 Å². The summed E-state index contributed by atoms with van der Waals surface area (Å²) in [5.41, 5.74) is 0. The van der Waals surface area contributed by atoms with E-state index in [0.29, 0.717) is 0 Å². The minimum atomic E-state index is -0.250. The van der Waals surface area contributed by atoms with Gasteiger partial charge >= 0.3 is 40.5 Å². The van der Waals surface area contributed by atoms with E-state index < -0.39 is 0 Å². The molecule has 57 valence electrons. The molecule has 0 saturated carbocycles. The Bertz CT molecular complexity index is 169. The Morgan fingerprint density at radius 1 is 1.55 bits per heavy atom. The van der Waals surface area contributed by atoms with Crippen molar-refractivity contribution in [3.63, 3.8) is 0 Å². The summed E-state index contributed by atoms with van der Waals surface area (Å²) in [6.45, 7) is 0. The van der Waals surface area contributed by atoms with Crippen LogP contribution in [-0.4, -0.2) is 7.11 Å². The van der Waals surface area contributed by atoms with Crippen molar-refractivity contribution < 1.29 is 17.9 Å². The molecule has 1 aromatic rings. The number of rotatable bonds is 1. The molecule has 0 fully saturated rings. The summed E-state index contributed by atoms with van der Waals surface area (Å²) in [5.74, 6) is 0.854. The van der Waals surface area contributed by atoms with Crippen molar-refractivity contribution in [1.82, 2.24) is 0 Å². The Morgan fingerprint density at radius 2 is 2.18 bits per heavy atom. The summed E-state index contributed by atoms with van der Waals surface area (Å²) in [5, 5.41) is 0. The Balaban J connectivity index is 0.000000292. The van der Waals surface area contributed by atoms with Gasteiger partial charge in [-0.2, -0.15) is 0 Å². The number of hydrogen-bond acceptors (Lipinski definition) is 1. The van der Waals surface area contributed by atoms with Crippen molar-refractivity contribution in [2.75, 3.05) is 7.11 Å². The molecule has 1 aromatic carbocycles. The van der Waals surface area contributed by atoms with Gasteiger partial charge in [0.2, 0.25) is 0 Å². The maximum absolute atomic E-state index is 4.88. The predicted octanol–water partition coefficient (Wildman–Crippen LogP) is 3.18. The van der Waals surface area contributed by atoms with Gasteiger partial charge in [0, 0.05) is 0 Å². The van der Waals surface area contributed by atoms with Crippen LogP contribution in [0.15, 0.2) is 24.3 Å². The topological polar surface area (TPSA) is 9.23 Å². The zero-order valence-electron chi connectivity index (χ0n) is 6.18. The van der Waals surface area contributed by atoms with Gasteiger partial charge in [0.15, 0.2) is 0 Å². The third kappa shape index (κ3) is 6.98.